The summed E-state index contributed by atoms with van der Waals surface area (Å²) in [5.41, 5.74) is 1.15. The van der Waals surface area contributed by atoms with Gasteiger partial charge < -0.3 is 19.4 Å². The lowest BCUT2D eigenvalue weighted by Crippen LogP contribution is -2.40. The topological polar surface area (TPSA) is 71.6 Å². The quantitative estimate of drug-likeness (QED) is 0.874. The number of hydrogen-bond acceptors (Lipinski definition) is 4. The SMILES string of the molecule is CCCN(Cc1cc2cc(OC)ccc2[nH]c1=O)C(=O)[C@@H]1CCCO1. The second kappa shape index (κ2) is 7.70. The molecule has 1 aromatic heterocycles. The van der Waals surface area contributed by atoms with Crippen molar-refractivity contribution in [3.8, 4) is 5.75 Å². The van der Waals surface area contributed by atoms with Crippen LogP contribution in [0.25, 0.3) is 10.9 Å². The Kier molecular flexibility index (Phi) is 5.38. The summed E-state index contributed by atoms with van der Waals surface area (Å²) in [5, 5.41) is 0.884. The molecular formula is C19H24N2O4. The molecule has 1 aliphatic heterocycles. The molecule has 3 rings (SSSR count). The minimum Gasteiger partial charge on any atom is -0.497 e. The zero-order valence-corrected chi connectivity index (χ0v) is 14.7. The number of ether oxygens (including phenoxy) is 2. The van der Waals surface area contributed by atoms with Crippen molar-refractivity contribution in [2.24, 2.45) is 0 Å². The zero-order chi connectivity index (χ0) is 17.8. The Balaban J connectivity index is 1.88. The standard InChI is InChI=1S/C19H24N2O4/c1-3-8-21(19(23)17-5-4-9-25-17)12-14-10-13-11-15(24-2)6-7-16(13)20-18(14)22/h6-7,10-11,17H,3-5,8-9,12H2,1-2H3,(H,20,22)/t17-/m0/s1. The molecule has 1 saturated heterocycles. The summed E-state index contributed by atoms with van der Waals surface area (Å²) in [5.74, 6) is 0.704. The third kappa shape index (κ3) is 3.85. The molecule has 25 heavy (non-hydrogen) atoms. The van der Waals surface area contributed by atoms with Crippen LogP contribution in [-0.2, 0) is 16.1 Å². The second-order valence-corrected chi connectivity index (χ2v) is 6.34. The van der Waals surface area contributed by atoms with Crippen LogP contribution in [0.1, 0.15) is 31.7 Å². The van der Waals surface area contributed by atoms with E-state index in [9.17, 15) is 9.59 Å². The smallest absolute Gasteiger partial charge is 0.253 e. The van der Waals surface area contributed by atoms with Crippen molar-refractivity contribution in [1.29, 1.82) is 0 Å². The van der Waals surface area contributed by atoms with E-state index in [4.69, 9.17) is 9.47 Å². The molecule has 134 valence electrons. The number of amides is 1. The molecule has 0 spiro atoms. The van der Waals surface area contributed by atoms with E-state index in [1.54, 1.807) is 12.0 Å². The lowest BCUT2D eigenvalue weighted by Gasteiger charge is -2.24. The van der Waals surface area contributed by atoms with E-state index in [1.807, 2.05) is 31.2 Å². The average Bonchev–Trinajstić information content (AvgIpc) is 3.15. The van der Waals surface area contributed by atoms with Gasteiger partial charge in [0.1, 0.15) is 11.9 Å². The molecular weight excluding hydrogens is 320 g/mol. The number of methoxy groups -OCH3 is 1. The highest BCUT2D eigenvalue weighted by Gasteiger charge is 2.28. The third-order valence-corrected chi connectivity index (χ3v) is 4.50. The summed E-state index contributed by atoms with van der Waals surface area (Å²) in [4.78, 5) is 29.7. The third-order valence-electron chi connectivity index (χ3n) is 4.50. The molecule has 1 amide bonds. The Labute approximate surface area is 146 Å². The highest BCUT2D eigenvalue weighted by atomic mass is 16.5. The number of pyridine rings is 1. The number of H-pyrrole nitrogens is 1. The van der Waals surface area contributed by atoms with Crippen molar-refractivity contribution in [3.63, 3.8) is 0 Å². The normalized spacial score (nSPS) is 17.0. The van der Waals surface area contributed by atoms with Crippen LogP contribution in [0.15, 0.2) is 29.1 Å². The van der Waals surface area contributed by atoms with E-state index in [1.165, 1.54) is 0 Å². The fraction of sp³-hybridized carbons (Fsp3) is 0.474. The second-order valence-electron chi connectivity index (χ2n) is 6.34. The van der Waals surface area contributed by atoms with E-state index in [2.05, 4.69) is 4.98 Å². The minimum absolute atomic E-state index is 0.0236. The summed E-state index contributed by atoms with van der Waals surface area (Å²) in [6.45, 7) is 3.54. The van der Waals surface area contributed by atoms with Gasteiger partial charge >= 0.3 is 0 Å². The lowest BCUT2D eigenvalue weighted by molar-refractivity contribution is -0.141. The summed E-state index contributed by atoms with van der Waals surface area (Å²) < 4.78 is 10.8. The fourth-order valence-corrected chi connectivity index (χ4v) is 3.19. The fourth-order valence-electron chi connectivity index (χ4n) is 3.19. The first-order chi connectivity index (χ1) is 12.1. The molecule has 1 aliphatic rings. The Bertz CT molecular complexity index is 809. The molecule has 1 fully saturated rings. The summed E-state index contributed by atoms with van der Waals surface area (Å²) >= 11 is 0. The van der Waals surface area contributed by atoms with E-state index in [-0.39, 0.29) is 24.1 Å². The van der Waals surface area contributed by atoms with E-state index in [0.717, 1.165) is 35.9 Å². The van der Waals surface area contributed by atoms with Gasteiger partial charge in [-0.25, -0.2) is 0 Å². The van der Waals surface area contributed by atoms with E-state index < -0.39 is 0 Å². The highest BCUT2D eigenvalue weighted by Crippen LogP contribution is 2.20. The monoisotopic (exact) mass is 344 g/mol. The molecule has 1 aromatic carbocycles. The molecule has 2 heterocycles. The average molecular weight is 344 g/mol. The van der Waals surface area contributed by atoms with E-state index >= 15 is 0 Å². The van der Waals surface area contributed by atoms with Crippen molar-refractivity contribution in [2.75, 3.05) is 20.3 Å². The number of hydrogen-bond donors (Lipinski definition) is 1. The van der Waals surface area contributed by atoms with Gasteiger partial charge in [0.05, 0.1) is 13.7 Å². The van der Waals surface area contributed by atoms with E-state index in [0.29, 0.717) is 18.7 Å². The first-order valence-electron chi connectivity index (χ1n) is 8.72. The van der Waals surface area contributed by atoms with Crippen LogP contribution >= 0.6 is 0 Å². The molecule has 1 N–H and O–H groups in total. The highest BCUT2D eigenvalue weighted by molar-refractivity contribution is 5.82. The van der Waals surface area contributed by atoms with Gasteiger partial charge in [-0.3, -0.25) is 9.59 Å². The van der Waals surface area contributed by atoms with Crippen molar-refractivity contribution in [1.82, 2.24) is 9.88 Å². The molecule has 0 unspecified atom stereocenters. The van der Waals surface area contributed by atoms with Gasteiger partial charge in [-0.15, -0.1) is 0 Å². The van der Waals surface area contributed by atoms with Crippen molar-refractivity contribution in [3.05, 3.63) is 40.2 Å². The first kappa shape index (κ1) is 17.5. The van der Waals surface area contributed by atoms with Crippen molar-refractivity contribution in [2.45, 2.75) is 38.8 Å². The lowest BCUT2D eigenvalue weighted by atomic mass is 10.1. The maximum atomic E-state index is 12.7. The zero-order valence-electron chi connectivity index (χ0n) is 14.7. The number of nitrogens with zero attached hydrogens (tertiary/aromatic N) is 1. The molecule has 0 aliphatic carbocycles. The van der Waals surface area contributed by atoms with Gasteiger partial charge in [0, 0.05) is 29.6 Å². The van der Waals surface area contributed by atoms with Crippen LogP contribution in [0.5, 0.6) is 5.75 Å². The summed E-state index contributed by atoms with van der Waals surface area (Å²) in [7, 11) is 1.61. The Morgan fingerprint density at radius 2 is 2.24 bits per heavy atom. The first-order valence-corrected chi connectivity index (χ1v) is 8.72. The van der Waals surface area contributed by atoms with Crippen molar-refractivity contribution >= 4 is 16.8 Å². The molecule has 6 nitrogen and oxygen atoms in total. The molecule has 2 aromatic rings. The van der Waals surface area contributed by atoms with Crippen LogP contribution in [0, 0.1) is 0 Å². The molecule has 0 radical (unpaired) electrons. The molecule has 0 saturated carbocycles. The number of aromatic amines is 1. The predicted molar refractivity (Wildman–Crippen MR) is 95.8 cm³/mol. The minimum atomic E-state index is -0.369. The van der Waals surface area contributed by atoms with Crippen LogP contribution < -0.4 is 10.3 Å². The van der Waals surface area contributed by atoms with Gasteiger partial charge in [-0.05, 0) is 43.5 Å². The van der Waals surface area contributed by atoms with Crippen LogP contribution in [0.4, 0.5) is 0 Å². The van der Waals surface area contributed by atoms with Gasteiger partial charge in [0.2, 0.25) is 0 Å². The van der Waals surface area contributed by atoms with Gasteiger partial charge in [0.25, 0.3) is 11.5 Å². The van der Waals surface area contributed by atoms with Gasteiger partial charge in [-0.2, -0.15) is 0 Å². The molecule has 6 heteroatoms. The predicted octanol–water partition coefficient (Wildman–Crippen LogP) is 2.45. The van der Waals surface area contributed by atoms with Crippen LogP contribution in [-0.4, -0.2) is 42.2 Å². The van der Waals surface area contributed by atoms with Crippen LogP contribution in [0.3, 0.4) is 0 Å². The Morgan fingerprint density at radius 3 is 2.92 bits per heavy atom. The Hall–Kier alpha value is -2.34. The number of rotatable bonds is 6. The summed E-state index contributed by atoms with van der Waals surface area (Å²) in [6.07, 6.45) is 2.13. The van der Waals surface area contributed by atoms with Gasteiger partial charge in [0.15, 0.2) is 0 Å². The summed E-state index contributed by atoms with van der Waals surface area (Å²) in [6, 6.07) is 7.34. The molecule has 1 atom stereocenters. The maximum absolute atomic E-state index is 12.7. The van der Waals surface area contributed by atoms with Gasteiger partial charge in [-0.1, -0.05) is 6.92 Å². The largest absolute Gasteiger partial charge is 0.497 e. The van der Waals surface area contributed by atoms with Crippen molar-refractivity contribution < 1.29 is 14.3 Å². The number of carbonyl (C=O) groups is 1. The number of carbonyl (C=O) groups excluding carboxylic acids is 1. The number of nitrogens with one attached hydrogen (secondary N) is 1. The number of fused-ring (bicyclic) bond motifs is 1. The maximum Gasteiger partial charge on any atom is 0.253 e. The number of benzene rings is 1. The Morgan fingerprint density at radius 1 is 1.40 bits per heavy atom. The molecule has 0 bridgehead atoms. The number of aromatic nitrogens is 1. The van der Waals surface area contributed by atoms with Crippen LogP contribution in [0.2, 0.25) is 0 Å².